The fourth-order valence-corrected chi connectivity index (χ4v) is 3.09. The monoisotopic (exact) mass is 249 g/mol. The SMILES string of the molecule is CS(=O)(=O)c1sc(C(=O)O)cc1C(N)=O. The molecule has 0 atom stereocenters. The van der Waals surface area contributed by atoms with Gasteiger partial charge in [-0.25, -0.2) is 13.2 Å². The van der Waals surface area contributed by atoms with Crippen LogP contribution in [-0.4, -0.2) is 31.7 Å². The molecule has 0 aliphatic carbocycles. The van der Waals surface area contributed by atoms with Crippen molar-refractivity contribution in [1.29, 1.82) is 0 Å². The van der Waals surface area contributed by atoms with Gasteiger partial charge in [0.15, 0.2) is 9.84 Å². The van der Waals surface area contributed by atoms with E-state index < -0.39 is 21.7 Å². The van der Waals surface area contributed by atoms with E-state index in [1.54, 1.807) is 0 Å². The third-order valence-corrected chi connectivity index (χ3v) is 4.48. The second-order valence-corrected chi connectivity index (χ2v) is 6.02. The maximum Gasteiger partial charge on any atom is 0.345 e. The summed E-state index contributed by atoms with van der Waals surface area (Å²) in [5.41, 5.74) is 4.66. The van der Waals surface area contributed by atoms with Crippen LogP contribution in [0.1, 0.15) is 20.0 Å². The lowest BCUT2D eigenvalue weighted by Crippen LogP contribution is -2.13. The molecule has 1 rings (SSSR count). The summed E-state index contributed by atoms with van der Waals surface area (Å²) in [5.74, 6) is -2.25. The van der Waals surface area contributed by atoms with Crippen LogP contribution in [-0.2, 0) is 9.84 Å². The first-order valence-corrected chi connectivity index (χ1v) is 6.31. The lowest BCUT2D eigenvalue weighted by Gasteiger charge is -1.95. The van der Waals surface area contributed by atoms with E-state index in [1.807, 2.05) is 0 Å². The summed E-state index contributed by atoms with van der Waals surface area (Å²) in [6.07, 6.45) is 0.886. The maximum atomic E-state index is 11.2. The largest absolute Gasteiger partial charge is 0.477 e. The number of rotatable bonds is 3. The van der Waals surface area contributed by atoms with Crippen LogP contribution in [0.5, 0.6) is 0 Å². The molecule has 3 N–H and O–H groups in total. The number of carboxylic acid groups (broad SMARTS) is 1. The third kappa shape index (κ3) is 2.34. The quantitative estimate of drug-likeness (QED) is 0.779. The number of primary amides is 1. The van der Waals surface area contributed by atoms with Gasteiger partial charge in [-0.05, 0) is 6.07 Å². The summed E-state index contributed by atoms with van der Waals surface area (Å²) in [4.78, 5) is 21.2. The Kier molecular flexibility index (Phi) is 2.82. The number of carbonyl (C=O) groups excluding carboxylic acids is 1. The summed E-state index contributed by atoms with van der Waals surface area (Å²) in [6, 6.07) is 0.964. The Morgan fingerprint density at radius 3 is 2.27 bits per heavy atom. The summed E-state index contributed by atoms with van der Waals surface area (Å²) in [5, 5.41) is 8.63. The van der Waals surface area contributed by atoms with Crippen LogP contribution in [0.4, 0.5) is 0 Å². The van der Waals surface area contributed by atoms with Crippen LogP contribution in [0.2, 0.25) is 0 Å². The number of amides is 1. The first-order chi connectivity index (χ1) is 6.73. The summed E-state index contributed by atoms with van der Waals surface area (Å²) in [6.45, 7) is 0. The molecule has 0 unspecified atom stereocenters. The van der Waals surface area contributed by atoms with Crippen molar-refractivity contribution in [2.75, 3.05) is 6.26 Å². The third-order valence-electron chi connectivity index (χ3n) is 1.51. The molecular formula is C7H7NO5S2. The summed E-state index contributed by atoms with van der Waals surface area (Å²) < 4.78 is 22.1. The topological polar surface area (TPSA) is 115 Å². The van der Waals surface area contributed by atoms with E-state index >= 15 is 0 Å². The first kappa shape index (κ1) is 11.7. The molecule has 0 aliphatic rings. The molecule has 8 heteroatoms. The highest BCUT2D eigenvalue weighted by Crippen LogP contribution is 2.26. The standard InChI is InChI=1S/C7H7NO5S2/c1-15(12,13)7-3(5(8)9)2-4(14-7)6(10)11/h2H,1H3,(H2,8,9)(H,10,11). The predicted octanol–water partition coefficient (Wildman–Crippen LogP) is -0.0513. The fourth-order valence-electron chi connectivity index (χ4n) is 0.927. The molecule has 0 bridgehead atoms. The van der Waals surface area contributed by atoms with Crippen molar-refractivity contribution in [1.82, 2.24) is 0 Å². The minimum Gasteiger partial charge on any atom is -0.477 e. The van der Waals surface area contributed by atoms with Gasteiger partial charge in [0.1, 0.15) is 9.09 Å². The Labute approximate surface area is 89.2 Å². The van der Waals surface area contributed by atoms with Crippen LogP contribution < -0.4 is 5.73 Å². The van der Waals surface area contributed by atoms with E-state index in [2.05, 4.69) is 0 Å². The molecule has 1 aromatic heterocycles. The molecule has 0 saturated heterocycles. The molecule has 1 heterocycles. The molecule has 15 heavy (non-hydrogen) atoms. The van der Waals surface area contributed by atoms with Crippen molar-refractivity contribution in [3.05, 3.63) is 16.5 Å². The van der Waals surface area contributed by atoms with Crippen molar-refractivity contribution < 1.29 is 23.1 Å². The van der Waals surface area contributed by atoms with Crippen molar-refractivity contribution in [3.63, 3.8) is 0 Å². The Hall–Kier alpha value is -1.41. The molecule has 0 radical (unpaired) electrons. The van der Waals surface area contributed by atoms with E-state index in [9.17, 15) is 18.0 Å². The van der Waals surface area contributed by atoms with E-state index in [0.717, 1.165) is 12.3 Å². The Balaban J connectivity index is 3.51. The zero-order valence-electron chi connectivity index (χ0n) is 7.55. The van der Waals surface area contributed by atoms with Gasteiger partial charge in [0.05, 0.1) is 5.56 Å². The zero-order valence-corrected chi connectivity index (χ0v) is 9.18. The molecule has 1 aromatic rings. The molecular weight excluding hydrogens is 242 g/mol. The normalized spacial score (nSPS) is 11.3. The Morgan fingerprint density at radius 1 is 1.47 bits per heavy atom. The van der Waals surface area contributed by atoms with Crippen LogP contribution in [0.15, 0.2) is 10.3 Å². The Morgan fingerprint density at radius 2 is 2.00 bits per heavy atom. The lowest BCUT2D eigenvalue weighted by atomic mass is 10.3. The van der Waals surface area contributed by atoms with Crippen molar-refractivity contribution in [3.8, 4) is 0 Å². The first-order valence-electron chi connectivity index (χ1n) is 3.60. The van der Waals surface area contributed by atoms with Crippen LogP contribution in [0.25, 0.3) is 0 Å². The van der Waals surface area contributed by atoms with Gasteiger partial charge in [0.25, 0.3) is 5.91 Å². The number of sulfone groups is 1. The molecule has 82 valence electrons. The van der Waals surface area contributed by atoms with E-state index in [1.165, 1.54) is 0 Å². The van der Waals surface area contributed by atoms with Crippen LogP contribution >= 0.6 is 11.3 Å². The highest BCUT2D eigenvalue weighted by Gasteiger charge is 2.23. The van der Waals surface area contributed by atoms with Gasteiger partial charge >= 0.3 is 5.97 Å². The van der Waals surface area contributed by atoms with E-state index in [4.69, 9.17) is 10.8 Å². The maximum absolute atomic E-state index is 11.2. The average molecular weight is 249 g/mol. The van der Waals surface area contributed by atoms with Gasteiger partial charge in [-0.1, -0.05) is 0 Å². The van der Waals surface area contributed by atoms with Crippen molar-refractivity contribution >= 4 is 33.1 Å². The Bertz CT molecular complexity index is 528. The molecule has 0 spiro atoms. The number of hydrogen-bond acceptors (Lipinski definition) is 5. The number of carboxylic acids is 1. The number of nitrogens with two attached hydrogens (primary N) is 1. The van der Waals surface area contributed by atoms with Gasteiger partial charge < -0.3 is 10.8 Å². The molecule has 0 saturated carbocycles. The van der Waals surface area contributed by atoms with E-state index in [0.29, 0.717) is 11.3 Å². The second-order valence-electron chi connectivity index (χ2n) is 2.75. The average Bonchev–Trinajstić information content (AvgIpc) is 2.45. The molecule has 0 aromatic carbocycles. The second kappa shape index (κ2) is 3.63. The summed E-state index contributed by atoms with van der Waals surface area (Å²) >= 11 is 0.515. The van der Waals surface area contributed by atoms with Gasteiger partial charge in [-0.3, -0.25) is 4.79 Å². The smallest absolute Gasteiger partial charge is 0.345 e. The molecule has 6 nitrogen and oxygen atoms in total. The molecule has 0 fully saturated rings. The van der Waals surface area contributed by atoms with Gasteiger partial charge in [-0.15, -0.1) is 11.3 Å². The van der Waals surface area contributed by atoms with E-state index in [-0.39, 0.29) is 14.6 Å². The number of carbonyl (C=O) groups is 2. The minimum atomic E-state index is -3.64. The van der Waals surface area contributed by atoms with Gasteiger partial charge in [0.2, 0.25) is 0 Å². The number of aromatic carboxylic acids is 1. The number of thiophene rings is 1. The summed E-state index contributed by atoms with van der Waals surface area (Å²) in [7, 11) is -3.64. The van der Waals surface area contributed by atoms with Crippen LogP contribution in [0, 0.1) is 0 Å². The zero-order chi connectivity index (χ0) is 11.8. The molecule has 0 aliphatic heterocycles. The van der Waals surface area contributed by atoms with Gasteiger partial charge in [0, 0.05) is 6.26 Å². The van der Waals surface area contributed by atoms with Crippen molar-refractivity contribution in [2.24, 2.45) is 5.73 Å². The van der Waals surface area contributed by atoms with Gasteiger partial charge in [-0.2, -0.15) is 0 Å². The highest BCUT2D eigenvalue weighted by atomic mass is 32.2. The minimum absolute atomic E-state index is 0.232. The molecule has 1 amide bonds. The lowest BCUT2D eigenvalue weighted by molar-refractivity contribution is 0.0702. The fraction of sp³-hybridized carbons (Fsp3) is 0.143. The van der Waals surface area contributed by atoms with Crippen molar-refractivity contribution in [2.45, 2.75) is 4.21 Å². The predicted molar refractivity (Wildman–Crippen MR) is 52.9 cm³/mol. The highest BCUT2D eigenvalue weighted by molar-refractivity contribution is 7.92. The number of hydrogen-bond donors (Lipinski definition) is 2. The van der Waals surface area contributed by atoms with Crippen LogP contribution in [0.3, 0.4) is 0 Å².